The van der Waals surface area contributed by atoms with E-state index in [9.17, 15) is 58.2 Å². The molecule has 9 atom stereocenters. The van der Waals surface area contributed by atoms with Gasteiger partial charge in [-0.25, -0.2) is 9.78 Å². The predicted molar refractivity (Wildman–Crippen MR) is 281 cm³/mol. The van der Waals surface area contributed by atoms with Gasteiger partial charge in [-0.1, -0.05) is 76.6 Å². The Morgan fingerprint density at radius 1 is 0.782 bits per heavy atom. The smallest absolute Gasteiger partial charge is 0.336 e. The Hall–Kier alpha value is -8.42. The summed E-state index contributed by atoms with van der Waals surface area (Å²) in [5.74, 6) is -10.5. The van der Waals surface area contributed by atoms with Gasteiger partial charge < -0.3 is 73.5 Å². The maximum absolute atomic E-state index is 14.7. The Bertz CT molecular complexity index is 2570. The normalized spacial score (nSPS) is 16.1. The van der Waals surface area contributed by atoms with Crippen molar-refractivity contribution in [3.63, 3.8) is 0 Å². The summed E-state index contributed by atoms with van der Waals surface area (Å²) in [5, 5.41) is 45.2. The zero-order valence-corrected chi connectivity index (χ0v) is 44.3. The van der Waals surface area contributed by atoms with Gasteiger partial charge in [0.2, 0.25) is 41.4 Å². The number of imidazole rings is 1. The summed E-state index contributed by atoms with van der Waals surface area (Å²) < 4.78 is 4.85. The molecule has 0 spiro atoms. The first-order valence-electron chi connectivity index (χ1n) is 25.7. The summed E-state index contributed by atoms with van der Waals surface area (Å²) in [4.78, 5) is 143. The number of carbonyl (C=O) groups is 10. The number of nitrogens with zero attached hydrogens (tertiary/aromatic N) is 2. The fraction of sp³-hybridized carbons (Fsp3) is 0.500. The maximum atomic E-state index is 14.7. The lowest BCUT2D eigenvalue weighted by atomic mass is 9.96. The second kappa shape index (κ2) is 30.4. The zero-order chi connectivity index (χ0) is 57.6. The number of hydrogen-bond donors (Lipinski definition) is 13. The number of aromatic nitrogens is 2. The zero-order valence-electron chi connectivity index (χ0n) is 44.3. The molecule has 78 heavy (non-hydrogen) atoms. The average Bonchev–Trinajstić information content (AvgIpc) is 4.12. The number of H-pyrrole nitrogens is 1. The van der Waals surface area contributed by atoms with Crippen molar-refractivity contribution in [1.29, 1.82) is 5.41 Å². The number of aromatic amines is 1. The van der Waals surface area contributed by atoms with E-state index < -0.39 is 126 Å². The fourth-order valence-electron chi connectivity index (χ4n) is 8.55. The van der Waals surface area contributed by atoms with Crippen LogP contribution in [-0.2, 0) is 71.9 Å². The minimum Gasteiger partial charge on any atom is -0.508 e. The summed E-state index contributed by atoms with van der Waals surface area (Å²) in [5.41, 5.74) is 12.7. The topological polar surface area (TPSA) is 412 Å². The molecule has 26 nitrogen and oxygen atoms in total. The minimum atomic E-state index is -1.52. The Labute approximate surface area is 451 Å². The number of carboxylic acids is 1. The second-order valence-corrected chi connectivity index (χ2v) is 19.5. The third kappa shape index (κ3) is 19.6. The molecule has 0 radical (unpaired) electrons. The van der Waals surface area contributed by atoms with Crippen molar-refractivity contribution in [3.8, 4) is 5.75 Å². The standard InChI is InChI=1S/C52H73N13O13/c1-6-29(4)43(49(75)61-38(24-33-26-56-27-58-33)50(76)65-21-11-15-40(65)47(73)62-39(51(77)78-30(5)66)23-31-12-8-7-9-13-31)64-46(72)37(22-32-16-18-34(67)19-17-32)60-48(74)42(28(2)3)63-45(71)36(14-10-20-57-52(54)55)59-44(70)35(53)25-41(68)69/h7-9,12-13,16-19,26-29,35-40,42-43,67H,6,10-11,14-15,20-25,53H2,1-5H3,(H,56,58)(H,59,70)(H,60,74)(H,61,75)(H,62,73)(H,63,71)(H,64,72)(H,68,69)(H4,54,55,57)/t29-,35-,36-,37-,38-,39-,40-,42-,43-/m0/s1. The molecule has 424 valence electrons. The highest BCUT2D eigenvalue weighted by Gasteiger charge is 2.41. The molecule has 7 amide bonds. The molecule has 2 heterocycles. The lowest BCUT2D eigenvalue weighted by molar-refractivity contribution is -0.160. The molecular weight excluding hydrogens is 1010 g/mol. The van der Waals surface area contributed by atoms with Crippen LogP contribution in [0.5, 0.6) is 5.75 Å². The van der Waals surface area contributed by atoms with Crippen molar-refractivity contribution in [2.24, 2.45) is 23.3 Å². The van der Waals surface area contributed by atoms with Gasteiger partial charge in [-0.2, -0.15) is 0 Å². The quantitative estimate of drug-likeness (QED) is 0.0129. The monoisotopic (exact) mass is 1090 g/mol. The van der Waals surface area contributed by atoms with E-state index in [1.54, 1.807) is 58.0 Å². The van der Waals surface area contributed by atoms with Crippen LogP contribution in [0.1, 0.15) is 90.0 Å². The number of rotatable bonds is 29. The summed E-state index contributed by atoms with van der Waals surface area (Å²) in [6, 6.07) is 3.79. The van der Waals surface area contributed by atoms with Gasteiger partial charge in [0.1, 0.15) is 48.0 Å². The van der Waals surface area contributed by atoms with E-state index in [4.69, 9.17) is 21.6 Å². The number of nitrogens with two attached hydrogens (primary N) is 2. The third-order valence-electron chi connectivity index (χ3n) is 13.0. The molecule has 4 rings (SSSR count). The SMILES string of the molecule is CC[C@H](C)[C@H](NC(=O)[C@H](Cc1ccc(O)cc1)NC(=O)[C@@H](NC(=O)[C@H](CCCNC(=N)N)NC(=O)[C@@H](N)CC(=O)O)C(C)C)C(=O)N[C@@H](Cc1cnc[nH]1)C(=O)N1CCC[C@H]1C(=O)N[C@@H](Cc1ccccc1)C(=O)OC(C)=O. The number of carbonyl (C=O) groups excluding carboxylic acids is 9. The van der Waals surface area contributed by atoms with Crippen molar-refractivity contribution in [3.05, 3.63) is 83.9 Å². The van der Waals surface area contributed by atoms with E-state index in [0.29, 0.717) is 29.7 Å². The molecule has 1 saturated heterocycles. The van der Waals surface area contributed by atoms with Crippen LogP contribution < -0.4 is 48.7 Å². The summed E-state index contributed by atoms with van der Waals surface area (Å²) >= 11 is 0. The Morgan fingerprint density at radius 2 is 1.38 bits per heavy atom. The van der Waals surface area contributed by atoms with Crippen LogP contribution in [0.15, 0.2) is 67.1 Å². The van der Waals surface area contributed by atoms with E-state index >= 15 is 0 Å². The van der Waals surface area contributed by atoms with Gasteiger partial charge in [-0.3, -0.25) is 48.6 Å². The first-order valence-corrected chi connectivity index (χ1v) is 25.7. The number of esters is 2. The number of hydrogen-bond acceptors (Lipinski definition) is 15. The van der Waals surface area contributed by atoms with Gasteiger partial charge in [0.15, 0.2) is 5.96 Å². The van der Waals surface area contributed by atoms with Crippen LogP contribution in [0.25, 0.3) is 0 Å². The number of amides is 7. The maximum Gasteiger partial charge on any atom is 0.336 e. The molecule has 0 bridgehead atoms. The Morgan fingerprint density at radius 3 is 1.99 bits per heavy atom. The molecule has 26 heteroatoms. The highest BCUT2D eigenvalue weighted by molar-refractivity contribution is 5.98. The number of nitrogens with one attached hydrogen (secondary N) is 9. The van der Waals surface area contributed by atoms with E-state index in [0.717, 1.165) is 6.92 Å². The molecule has 1 aromatic heterocycles. The van der Waals surface area contributed by atoms with Gasteiger partial charge >= 0.3 is 17.9 Å². The van der Waals surface area contributed by atoms with E-state index in [2.05, 4.69) is 47.2 Å². The van der Waals surface area contributed by atoms with E-state index in [-0.39, 0.29) is 63.3 Å². The number of likely N-dealkylation sites (tertiary alicyclic amines) is 1. The van der Waals surface area contributed by atoms with Crippen LogP contribution in [0.3, 0.4) is 0 Å². The van der Waals surface area contributed by atoms with Crippen LogP contribution in [0, 0.1) is 17.2 Å². The molecule has 1 aliphatic rings. The predicted octanol–water partition coefficient (Wildman–Crippen LogP) is -1.10. The summed E-state index contributed by atoms with van der Waals surface area (Å²) in [6.07, 6.45) is 2.80. The van der Waals surface area contributed by atoms with Crippen LogP contribution in [0.2, 0.25) is 0 Å². The average molecular weight is 1090 g/mol. The highest BCUT2D eigenvalue weighted by atomic mass is 16.6. The largest absolute Gasteiger partial charge is 0.508 e. The fourth-order valence-corrected chi connectivity index (χ4v) is 8.55. The first-order chi connectivity index (χ1) is 37.0. The highest BCUT2D eigenvalue weighted by Crippen LogP contribution is 2.22. The number of ether oxygens (including phenoxy) is 1. The molecule has 15 N–H and O–H groups in total. The van der Waals surface area contributed by atoms with Crippen molar-refractivity contribution < 1.29 is 62.9 Å². The Kier molecular flexibility index (Phi) is 24.2. The van der Waals surface area contributed by atoms with Crippen molar-refractivity contribution >= 4 is 65.2 Å². The van der Waals surface area contributed by atoms with Crippen LogP contribution >= 0.6 is 0 Å². The Balaban J connectivity index is 1.60. The number of phenolic OH excluding ortho intramolecular Hbond substituents is 1. The van der Waals surface area contributed by atoms with E-state index in [1.165, 1.54) is 41.7 Å². The van der Waals surface area contributed by atoms with E-state index in [1.807, 2.05) is 0 Å². The molecule has 0 saturated carbocycles. The third-order valence-corrected chi connectivity index (χ3v) is 13.0. The number of benzene rings is 2. The molecule has 1 aliphatic heterocycles. The first kappa shape index (κ1) is 62.1. The molecule has 3 aromatic rings. The summed E-state index contributed by atoms with van der Waals surface area (Å²) in [6.45, 7) is 7.97. The summed E-state index contributed by atoms with van der Waals surface area (Å²) in [7, 11) is 0. The number of aromatic hydroxyl groups is 1. The molecule has 2 aromatic carbocycles. The molecule has 0 unspecified atom stereocenters. The van der Waals surface area contributed by atoms with Gasteiger partial charge in [0.25, 0.3) is 0 Å². The van der Waals surface area contributed by atoms with Crippen molar-refractivity contribution in [2.75, 3.05) is 13.1 Å². The molecular formula is C52H73N13O13. The minimum absolute atomic E-state index is 0.0198. The van der Waals surface area contributed by atoms with Crippen molar-refractivity contribution in [2.45, 2.75) is 141 Å². The van der Waals surface area contributed by atoms with Gasteiger partial charge in [-0.05, 0) is 60.8 Å². The molecule has 0 aliphatic carbocycles. The second-order valence-electron chi connectivity index (χ2n) is 19.5. The van der Waals surface area contributed by atoms with Gasteiger partial charge in [0.05, 0.1) is 18.8 Å². The van der Waals surface area contributed by atoms with Gasteiger partial charge in [0, 0.05) is 51.2 Å². The van der Waals surface area contributed by atoms with Crippen LogP contribution in [-0.4, -0.2) is 152 Å². The lowest BCUT2D eigenvalue weighted by Gasteiger charge is -2.32. The number of carboxylic acid groups (broad SMARTS) is 1. The lowest BCUT2D eigenvalue weighted by Crippen LogP contribution is -2.62. The van der Waals surface area contributed by atoms with Crippen molar-refractivity contribution in [1.82, 2.24) is 52.1 Å². The number of aliphatic carboxylic acids is 1. The molecule has 1 fully saturated rings. The number of phenols is 1. The van der Waals surface area contributed by atoms with Crippen LogP contribution in [0.4, 0.5) is 0 Å². The number of guanidine groups is 1. The van der Waals surface area contributed by atoms with Gasteiger partial charge in [-0.15, -0.1) is 0 Å².